The van der Waals surface area contributed by atoms with Crippen molar-refractivity contribution in [3.63, 3.8) is 0 Å². The van der Waals surface area contributed by atoms with E-state index in [1.165, 1.54) is 46.6 Å². The summed E-state index contributed by atoms with van der Waals surface area (Å²) in [5, 5.41) is 3.17. The van der Waals surface area contributed by atoms with E-state index in [9.17, 15) is 9.59 Å². The van der Waals surface area contributed by atoms with Crippen LogP contribution in [-0.4, -0.2) is 46.9 Å². The molecule has 0 bridgehead atoms. The first-order chi connectivity index (χ1) is 14.8. The Morgan fingerprint density at radius 1 is 0.871 bits per heavy atom. The fourth-order valence-electron chi connectivity index (χ4n) is 2.53. The summed E-state index contributed by atoms with van der Waals surface area (Å²) in [6.45, 7) is -0.511. The maximum Gasteiger partial charge on any atom is 0.331 e. The third-order valence-electron chi connectivity index (χ3n) is 3.96. The molecule has 2 aromatic rings. The number of halogens is 2. The first kappa shape index (κ1) is 24.2. The summed E-state index contributed by atoms with van der Waals surface area (Å²) >= 11 is 12.2. The number of amides is 1. The molecule has 0 aromatic heterocycles. The van der Waals surface area contributed by atoms with Crippen LogP contribution in [0.15, 0.2) is 30.3 Å². The van der Waals surface area contributed by atoms with Gasteiger partial charge in [0, 0.05) is 12.1 Å². The van der Waals surface area contributed by atoms with Gasteiger partial charge in [-0.2, -0.15) is 0 Å². The summed E-state index contributed by atoms with van der Waals surface area (Å²) in [5.41, 5.74) is 0.895. The van der Waals surface area contributed by atoms with E-state index in [1.807, 2.05) is 0 Å². The van der Waals surface area contributed by atoms with Gasteiger partial charge in [-0.15, -0.1) is 0 Å². The van der Waals surface area contributed by atoms with Gasteiger partial charge < -0.3 is 29.0 Å². The molecule has 0 saturated heterocycles. The highest BCUT2D eigenvalue weighted by molar-refractivity contribution is 6.32. The van der Waals surface area contributed by atoms with Crippen molar-refractivity contribution in [2.45, 2.75) is 0 Å². The zero-order valence-electron chi connectivity index (χ0n) is 17.3. The first-order valence-corrected chi connectivity index (χ1v) is 9.56. The van der Waals surface area contributed by atoms with Crippen LogP contribution in [0, 0.1) is 0 Å². The lowest BCUT2D eigenvalue weighted by molar-refractivity contribution is -0.142. The average Bonchev–Trinajstić information content (AvgIpc) is 2.76. The molecule has 0 saturated carbocycles. The van der Waals surface area contributed by atoms with E-state index in [-0.39, 0.29) is 5.02 Å². The lowest BCUT2D eigenvalue weighted by atomic mass is 10.2. The van der Waals surface area contributed by atoms with Gasteiger partial charge in [-0.3, -0.25) is 4.79 Å². The quantitative estimate of drug-likeness (QED) is 0.433. The third kappa shape index (κ3) is 6.44. The van der Waals surface area contributed by atoms with Crippen molar-refractivity contribution < 1.29 is 33.3 Å². The van der Waals surface area contributed by atoms with Gasteiger partial charge in [-0.25, -0.2) is 4.79 Å². The van der Waals surface area contributed by atoms with Crippen LogP contribution in [-0.2, 0) is 14.3 Å². The fraction of sp³-hybridized carbons (Fsp3) is 0.238. The molecule has 0 spiro atoms. The molecule has 0 aliphatic heterocycles. The van der Waals surface area contributed by atoms with Crippen molar-refractivity contribution >= 4 is 46.8 Å². The number of hydrogen-bond donors (Lipinski definition) is 1. The van der Waals surface area contributed by atoms with Crippen molar-refractivity contribution in [1.82, 2.24) is 0 Å². The Morgan fingerprint density at radius 2 is 1.55 bits per heavy atom. The Kier molecular flexibility index (Phi) is 8.84. The van der Waals surface area contributed by atoms with Crippen LogP contribution >= 0.6 is 23.2 Å². The number of anilines is 1. The maximum atomic E-state index is 12.1. The number of methoxy groups -OCH3 is 4. The van der Waals surface area contributed by atoms with Crippen LogP contribution in [0.3, 0.4) is 0 Å². The molecule has 0 fully saturated rings. The van der Waals surface area contributed by atoms with Crippen molar-refractivity contribution in [3.8, 4) is 23.0 Å². The second-order valence-corrected chi connectivity index (χ2v) is 6.73. The highest BCUT2D eigenvalue weighted by Gasteiger charge is 2.14. The Labute approximate surface area is 189 Å². The van der Waals surface area contributed by atoms with E-state index in [0.29, 0.717) is 39.3 Å². The van der Waals surface area contributed by atoms with Crippen molar-refractivity contribution in [1.29, 1.82) is 0 Å². The molecule has 0 heterocycles. The van der Waals surface area contributed by atoms with Crippen LogP contribution in [0.5, 0.6) is 23.0 Å². The SMILES string of the molecule is COc1cc(OC)c(NC(=O)COC(=O)/C=C/c2cc(Cl)c(OC)c(OC)c2)cc1Cl. The minimum Gasteiger partial charge on any atom is -0.495 e. The normalized spacial score (nSPS) is 10.5. The average molecular weight is 470 g/mol. The van der Waals surface area contributed by atoms with Gasteiger partial charge in [0.2, 0.25) is 0 Å². The van der Waals surface area contributed by atoms with Crippen LogP contribution in [0.25, 0.3) is 6.08 Å². The van der Waals surface area contributed by atoms with E-state index < -0.39 is 18.5 Å². The lowest BCUT2D eigenvalue weighted by Gasteiger charge is -2.13. The molecule has 31 heavy (non-hydrogen) atoms. The van der Waals surface area contributed by atoms with E-state index in [2.05, 4.69) is 5.32 Å². The van der Waals surface area contributed by atoms with E-state index in [4.69, 9.17) is 46.9 Å². The molecule has 0 radical (unpaired) electrons. The summed E-state index contributed by atoms with van der Waals surface area (Å²) in [6.07, 6.45) is 2.63. The monoisotopic (exact) mass is 469 g/mol. The standard InChI is InChI=1S/C21H21Cl2NO7/c1-27-16-10-17(28-2)15(9-13(16)22)24-19(25)11-31-20(26)6-5-12-7-14(23)21(30-4)18(8-12)29-3/h5-10H,11H2,1-4H3,(H,24,25)/b6-5+. The predicted octanol–water partition coefficient (Wildman–Crippen LogP) is 4.22. The van der Waals surface area contributed by atoms with Crippen LogP contribution in [0.2, 0.25) is 10.0 Å². The molecule has 1 amide bonds. The molecular weight excluding hydrogens is 449 g/mol. The topological polar surface area (TPSA) is 92.3 Å². The molecule has 0 atom stereocenters. The molecular formula is C21H21Cl2NO7. The minimum atomic E-state index is -0.721. The lowest BCUT2D eigenvalue weighted by Crippen LogP contribution is -2.20. The van der Waals surface area contributed by atoms with E-state index >= 15 is 0 Å². The molecule has 8 nitrogen and oxygen atoms in total. The van der Waals surface area contributed by atoms with Gasteiger partial charge in [0.25, 0.3) is 5.91 Å². The number of benzene rings is 2. The van der Waals surface area contributed by atoms with Crippen LogP contribution in [0.4, 0.5) is 5.69 Å². The van der Waals surface area contributed by atoms with Crippen LogP contribution in [0.1, 0.15) is 5.56 Å². The number of carbonyl (C=O) groups excluding carboxylic acids is 2. The van der Waals surface area contributed by atoms with Crippen molar-refractivity contribution in [2.24, 2.45) is 0 Å². The number of nitrogens with one attached hydrogen (secondary N) is 1. The molecule has 2 aromatic carbocycles. The second-order valence-electron chi connectivity index (χ2n) is 5.91. The van der Waals surface area contributed by atoms with Crippen LogP contribution < -0.4 is 24.3 Å². The van der Waals surface area contributed by atoms with Gasteiger partial charge in [0.15, 0.2) is 18.1 Å². The fourth-order valence-corrected chi connectivity index (χ4v) is 3.06. The Hall–Kier alpha value is -3.10. The van der Waals surface area contributed by atoms with Gasteiger partial charge in [-0.1, -0.05) is 23.2 Å². The first-order valence-electron chi connectivity index (χ1n) is 8.80. The van der Waals surface area contributed by atoms with Crippen molar-refractivity contribution in [2.75, 3.05) is 40.4 Å². The molecule has 1 N–H and O–H groups in total. The predicted molar refractivity (Wildman–Crippen MR) is 118 cm³/mol. The number of hydrogen-bond acceptors (Lipinski definition) is 7. The van der Waals surface area contributed by atoms with Gasteiger partial charge >= 0.3 is 5.97 Å². The van der Waals surface area contributed by atoms with Gasteiger partial charge in [0.05, 0.1) is 44.2 Å². The second kappa shape index (κ2) is 11.3. The highest BCUT2D eigenvalue weighted by Crippen LogP contribution is 2.37. The highest BCUT2D eigenvalue weighted by atomic mass is 35.5. The van der Waals surface area contributed by atoms with E-state index in [1.54, 1.807) is 12.1 Å². The summed E-state index contributed by atoms with van der Waals surface area (Å²) in [4.78, 5) is 24.1. The smallest absolute Gasteiger partial charge is 0.331 e. The summed E-state index contributed by atoms with van der Waals surface area (Å²) in [6, 6.07) is 6.24. The molecule has 10 heteroatoms. The van der Waals surface area contributed by atoms with Gasteiger partial charge in [0.1, 0.15) is 11.5 Å². The molecule has 2 rings (SSSR count). The summed E-state index contributed by atoms with van der Waals surface area (Å²) in [7, 11) is 5.84. The number of esters is 1. The number of rotatable bonds is 9. The Balaban J connectivity index is 1.98. The molecule has 166 valence electrons. The van der Waals surface area contributed by atoms with Gasteiger partial charge in [-0.05, 0) is 29.8 Å². The van der Waals surface area contributed by atoms with E-state index in [0.717, 1.165) is 6.08 Å². The number of carbonyl (C=O) groups is 2. The zero-order chi connectivity index (χ0) is 23.0. The third-order valence-corrected chi connectivity index (χ3v) is 4.54. The van der Waals surface area contributed by atoms with Crippen molar-refractivity contribution in [3.05, 3.63) is 46.0 Å². The Bertz CT molecular complexity index is 992. The maximum absolute atomic E-state index is 12.1. The molecule has 0 unspecified atom stereocenters. The number of ether oxygens (including phenoxy) is 5. The zero-order valence-corrected chi connectivity index (χ0v) is 18.8. The molecule has 0 aliphatic carbocycles. The molecule has 0 aliphatic rings. The minimum absolute atomic E-state index is 0.284. The summed E-state index contributed by atoms with van der Waals surface area (Å²) in [5.74, 6) is 0.231. The summed E-state index contributed by atoms with van der Waals surface area (Å²) < 4.78 is 25.6. The largest absolute Gasteiger partial charge is 0.495 e. The Morgan fingerprint density at radius 3 is 2.16 bits per heavy atom.